The van der Waals surface area contributed by atoms with Gasteiger partial charge in [-0.05, 0) is 42.5 Å². The standard InChI is InChI=1S/C19H22N2O.ClH/c1-21(14-12-15-7-3-2-4-8-15)19(22)17-9-5-11-18-16(17)10-6-13-20-18;/h2-5,7-9,11,20H,6,10,12-14H2,1H3;1H. The Morgan fingerprint density at radius 3 is 2.70 bits per heavy atom. The van der Waals surface area contributed by atoms with E-state index in [2.05, 4.69) is 23.5 Å². The molecule has 1 amide bonds. The number of rotatable bonds is 4. The molecule has 0 atom stereocenters. The average molecular weight is 331 g/mol. The van der Waals surface area contributed by atoms with E-state index in [0.29, 0.717) is 0 Å². The van der Waals surface area contributed by atoms with Crippen LogP contribution in [0.1, 0.15) is 27.9 Å². The molecule has 3 nitrogen and oxygen atoms in total. The number of carbonyl (C=O) groups is 1. The van der Waals surface area contributed by atoms with Crippen molar-refractivity contribution >= 4 is 24.0 Å². The molecule has 1 N–H and O–H groups in total. The zero-order chi connectivity index (χ0) is 15.4. The van der Waals surface area contributed by atoms with Crippen LogP contribution >= 0.6 is 12.4 Å². The van der Waals surface area contributed by atoms with Crippen molar-refractivity contribution in [3.05, 3.63) is 65.2 Å². The van der Waals surface area contributed by atoms with Crippen molar-refractivity contribution in [1.82, 2.24) is 4.90 Å². The second-order valence-corrected chi connectivity index (χ2v) is 5.82. The Hall–Kier alpha value is -2.00. The predicted molar refractivity (Wildman–Crippen MR) is 97.6 cm³/mol. The number of hydrogen-bond donors (Lipinski definition) is 1. The van der Waals surface area contributed by atoms with Crippen LogP contribution < -0.4 is 5.32 Å². The van der Waals surface area contributed by atoms with Crippen LogP contribution in [-0.4, -0.2) is 30.9 Å². The lowest BCUT2D eigenvalue weighted by molar-refractivity contribution is 0.0795. The number of nitrogens with zero attached hydrogens (tertiary/aromatic N) is 1. The van der Waals surface area contributed by atoms with Gasteiger partial charge in [-0.3, -0.25) is 4.79 Å². The van der Waals surface area contributed by atoms with Crippen LogP contribution in [0.2, 0.25) is 0 Å². The summed E-state index contributed by atoms with van der Waals surface area (Å²) in [4.78, 5) is 14.6. The number of nitrogens with one attached hydrogen (secondary N) is 1. The van der Waals surface area contributed by atoms with Gasteiger partial charge in [0.25, 0.3) is 5.91 Å². The van der Waals surface area contributed by atoms with E-state index in [1.807, 2.05) is 42.3 Å². The molecule has 1 aliphatic rings. The number of amides is 1. The Morgan fingerprint density at radius 2 is 1.91 bits per heavy atom. The summed E-state index contributed by atoms with van der Waals surface area (Å²) >= 11 is 0. The van der Waals surface area contributed by atoms with Gasteiger partial charge in [0, 0.05) is 31.4 Å². The summed E-state index contributed by atoms with van der Waals surface area (Å²) in [7, 11) is 1.89. The largest absolute Gasteiger partial charge is 0.385 e. The predicted octanol–water partition coefficient (Wildman–Crippen LogP) is 3.78. The highest BCUT2D eigenvalue weighted by atomic mass is 35.5. The summed E-state index contributed by atoms with van der Waals surface area (Å²) in [5, 5.41) is 3.38. The number of anilines is 1. The normalized spacial score (nSPS) is 12.6. The molecule has 0 saturated carbocycles. The molecule has 0 bridgehead atoms. The van der Waals surface area contributed by atoms with Gasteiger partial charge in [-0.1, -0.05) is 36.4 Å². The summed E-state index contributed by atoms with van der Waals surface area (Å²) in [6.07, 6.45) is 2.96. The second-order valence-electron chi connectivity index (χ2n) is 5.82. The molecule has 23 heavy (non-hydrogen) atoms. The molecule has 122 valence electrons. The fraction of sp³-hybridized carbons (Fsp3) is 0.316. The maximum absolute atomic E-state index is 12.7. The van der Waals surface area contributed by atoms with E-state index in [-0.39, 0.29) is 18.3 Å². The molecular weight excluding hydrogens is 308 g/mol. The van der Waals surface area contributed by atoms with Crippen molar-refractivity contribution in [3.63, 3.8) is 0 Å². The first-order valence-corrected chi connectivity index (χ1v) is 7.91. The SMILES string of the molecule is CN(CCc1ccccc1)C(=O)c1cccc2c1CCCN2.Cl. The first-order valence-electron chi connectivity index (χ1n) is 7.91. The zero-order valence-electron chi connectivity index (χ0n) is 13.4. The molecule has 0 saturated heterocycles. The van der Waals surface area contributed by atoms with E-state index < -0.39 is 0 Å². The van der Waals surface area contributed by atoms with Gasteiger partial charge in [0.2, 0.25) is 0 Å². The third kappa shape index (κ3) is 4.05. The van der Waals surface area contributed by atoms with E-state index in [4.69, 9.17) is 0 Å². The Morgan fingerprint density at radius 1 is 1.13 bits per heavy atom. The third-order valence-electron chi connectivity index (χ3n) is 4.25. The minimum atomic E-state index is 0. The van der Waals surface area contributed by atoms with Crippen molar-refractivity contribution in [1.29, 1.82) is 0 Å². The molecule has 1 heterocycles. The van der Waals surface area contributed by atoms with Gasteiger partial charge in [-0.25, -0.2) is 0 Å². The quantitative estimate of drug-likeness (QED) is 0.925. The Balaban J connectivity index is 0.00000192. The molecule has 2 aromatic carbocycles. The first kappa shape index (κ1) is 17.4. The molecule has 0 fully saturated rings. The number of benzene rings is 2. The molecule has 1 aliphatic heterocycles. The lowest BCUT2D eigenvalue weighted by atomic mass is 9.97. The summed E-state index contributed by atoms with van der Waals surface area (Å²) in [6, 6.07) is 16.3. The second kappa shape index (κ2) is 8.02. The fourth-order valence-electron chi connectivity index (χ4n) is 2.96. The van der Waals surface area contributed by atoms with Gasteiger partial charge in [-0.2, -0.15) is 0 Å². The molecule has 3 rings (SSSR count). The number of halogens is 1. The van der Waals surface area contributed by atoms with Crippen LogP contribution in [0, 0.1) is 0 Å². The van der Waals surface area contributed by atoms with Crippen molar-refractivity contribution in [2.24, 2.45) is 0 Å². The number of carbonyl (C=O) groups excluding carboxylic acids is 1. The topological polar surface area (TPSA) is 32.3 Å². The van der Waals surface area contributed by atoms with Gasteiger partial charge >= 0.3 is 0 Å². The van der Waals surface area contributed by atoms with Crippen molar-refractivity contribution in [2.45, 2.75) is 19.3 Å². The van der Waals surface area contributed by atoms with Crippen molar-refractivity contribution in [2.75, 3.05) is 25.5 Å². The molecule has 4 heteroatoms. The van der Waals surface area contributed by atoms with Gasteiger partial charge in [0.15, 0.2) is 0 Å². The maximum atomic E-state index is 12.7. The summed E-state index contributed by atoms with van der Waals surface area (Å²) < 4.78 is 0. The lowest BCUT2D eigenvalue weighted by Gasteiger charge is -2.23. The first-order chi connectivity index (χ1) is 10.8. The third-order valence-corrected chi connectivity index (χ3v) is 4.25. The van der Waals surface area contributed by atoms with E-state index in [9.17, 15) is 4.79 Å². The number of hydrogen-bond acceptors (Lipinski definition) is 2. The lowest BCUT2D eigenvalue weighted by Crippen LogP contribution is -2.30. The average Bonchev–Trinajstić information content (AvgIpc) is 2.59. The van der Waals surface area contributed by atoms with Crippen molar-refractivity contribution < 1.29 is 4.79 Å². The number of likely N-dealkylation sites (N-methyl/N-ethyl adjacent to an activating group) is 1. The van der Waals surface area contributed by atoms with Crippen LogP contribution in [0.3, 0.4) is 0 Å². The molecule has 0 aliphatic carbocycles. The van der Waals surface area contributed by atoms with Gasteiger partial charge in [0.1, 0.15) is 0 Å². The van der Waals surface area contributed by atoms with E-state index in [0.717, 1.165) is 43.6 Å². The highest BCUT2D eigenvalue weighted by Gasteiger charge is 2.19. The molecule has 0 unspecified atom stereocenters. The minimum Gasteiger partial charge on any atom is -0.385 e. The molecule has 2 aromatic rings. The highest BCUT2D eigenvalue weighted by molar-refractivity contribution is 5.97. The van der Waals surface area contributed by atoms with Gasteiger partial charge in [-0.15, -0.1) is 12.4 Å². The monoisotopic (exact) mass is 330 g/mol. The summed E-state index contributed by atoms with van der Waals surface area (Å²) in [6.45, 7) is 1.73. The fourth-order valence-corrected chi connectivity index (χ4v) is 2.96. The smallest absolute Gasteiger partial charge is 0.253 e. The Kier molecular flexibility index (Phi) is 6.05. The van der Waals surface area contributed by atoms with Crippen LogP contribution in [0.4, 0.5) is 5.69 Å². The molecular formula is C19H23ClN2O. The van der Waals surface area contributed by atoms with E-state index in [1.165, 1.54) is 11.1 Å². The van der Waals surface area contributed by atoms with E-state index >= 15 is 0 Å². The summed E-state index contributed by atoms with van der Waals surface area (Å²) in [5.74, 6) is 0.122. The molecule has 0 aromatic heterocycles. The zero-order valence-corrected chi connectivity index (χ0v) is 14.2. The van der Waals surface area contributed by atoms with Gasteiger partial charge < -0.3 is 10.2 Å². The van der Waals surface area contributed by atoms with Gasteiger partial charge in [0.05, 0.1) is 0 Å². The Labute approximate surface area is 144 Å². The maximum Gasteiger partial charge on any atom is 0.253 e. The van der Waals surface area contributed by atoms with Crippen LogP contribution in [0.5, 0.6) is 0 Å². The number of fused-ring (bicyclic) bond motifs is 1. The summed E-state index contributed by atoms with van der Waals surface area (Å²) in [5.41, 5.74) is 4.40. The van der Waals surface area contributed by atoms with Crippen LogP contribution in [0.15, 0.2) is 48.5 Å². The van der Waals surface area contributed by atoms with Crippen molar-refractivity contribution in [3.8, 4) is 0 Å². The van der Waals surface area contributed by atoms with E-state index in [1.54, 1.807) is 0 Å². The Bertz CT molecular complexity index is 658. The molecule has 0 spiro atoms. The highest BCUT2D eigenvalue weighted by Crippen LogP contribution is 2.26. The minimum absolute atomic E-state index is 0. The molecule has 0 radical (unpaired) electrons. The van der Waals surface area contributed by atoms with Crippen LogP contribution in [-0.2, 0) is 12.8 Å². The van der Waals surface area contributed by atoms with Crippen LogP contribution in [0.25, 0.3) is 0 Å².